The molecule has 0 radical (unpaired) electrons. The quantitative estimate of drug-likeness (QED) is 0.0679. The summed E-state index contributed by atoms with van der Waals surface area (Å²) in [5.41, 5.74) is 1.25. The number of fused-ring (bicyclic) bond motifs is 1. The average molecular weight is 638 g/mol. The van der Waals surface area contributed by atoms with Crippen molar-refractivity contribution in [2.45, 2.75) is 35.7 Å². The Morgan fingerprint density at radius 2 is 1.17 bits per heavy atom. The van der Waals surface area contributed by atoms with E-state index < -0.39 is 39.6 Å². The fraction of sp³-hybridized carbons (Fsp3) is 0.189. The van der Waals surface area contributed by atoms with Gasteiger partial charge in [-0.2, -0.15) is 8.42 Å². The van der Waals surface area contributed by atoms with Crippen molar-refractivity contribution in [1.29, 1.82) is 0 Å². The van der Waals surface area contributed by atoms with Gasteiger partial charge in [0, 0.05) is 0 Å². The normalized spacial score (nSPS) is 13.2. The van der Waals surface area contributed by atoms with Crippen LogP contribution in [-0.4, -0.2) is 43.2 Å². The van der Waals surface area contributed by atoms with E-state index in [-0.39, 0.29) is 30.8 Å². The van der Waals surface area contributed by atoms with Gasteiger partial charge in [-0.15, -0.1) is 0 Å². The van der Waals surface area contributed by atoms with Crippen LogP contribution in [0.2, 0.25) is 0 Å². The SMILES string of the molecule is O=C(O)[C@H](CCCOS(=O)(=O)c1ccc2ccccc2c1)C[C@@H](NC(c1ccccc1)(c1ccccc1)c1ccccc1)C(=O)O. The van der Waals surface area contributed by atoms with E-state index in [0.717, 1.165) is 27.5 Å². The van der Waals surface area contributed by atoms with E-state index in [1.165, 1.54) is 12.1 Å². The van der Waals surface area contributed by atoms with Crippen molar-refractivity contribution < 1.29 is 32.4 Å². The van der Waals surface area contributed by atoms with Gasteiger partial charge in [-0.25, -0.2) is 0 Å². The van der Waals surface area contributed by atoms with Crippen LogP contribution in [-0.2, 0) is 29.4 Å². The molecule has 0 aliphatic heterocycles. The highest BCUT2D eigenvalue weighted by molar-refractivity contribution is 7.86. The second-order valence-electron chi connectivity index (χ2n) is 11.1. The molecule has 0 unspecified atom stereocenters. The Morgan fingerprint density at radius 3 is 1.67 bits per heavy atom. The van der Waals surface area contributed by atoms with Crippen molar-refractivity contribution in [3.63, 3.8) is 0 Å². The zero-order valence-electron chi connectivity index (χ0n) is 25.0. The minimum Gasteiger partial charge on any atom is -0.481 e. The number of carboxylic acids is 2. The summed E-state index contributed by atoms with van der Waals surface area (Å²) < 4.78 is 31.0. The minimum absolute atomic E-state index is 0.00945. The van der Waals surface area contributed by atoms with Crippen LogP contribution in [0, 0.1) is 5.92 Å². The smallest absolute Gasteiger partial charge is 0.320 e. The molecule has 0 saturated heterocycles. The third-order valence-electron chi connectivity index (χ3n) is 8.12. The van der Waals surface area contributed by atoms with Crippen LogP contribution in [0.4, 0.5) is 0 Å². The standard InChI is InChI=1S/C37H35NO7S/c39-35(40)29(15-12-24-45-46(43,44)33-23-22-27-13-10-11-14-28(27)25-33)26-34(36(41)42)38-37(30-16-4-1-5-17-30,31-18-6-2-7-19-31)32-20-8-3-9-21-32/h1-11,13-14,16-23,25,29,34,38H,12,15,24,26H2,(H,39,40)(H,41,42)/t29-,34-/m1/s1. The molecule has 46 heavy (non-hydrogen) atoms. The predicted octanol–water partition coefficient (Wildman–Crippen LogP) is 6.45. The van der Waals surface area contributed by atoms with Gasteiger partial charge in [0.1, 0.15) is 6.04 Å². The molecule has 0 spiro atoms. The number of nitrogens with one attached hydrogen (secondary N) is 1. The molecule has 236 valence electrons. The molecule has 5 aromatic carbocycles. The first-order chi connectivity index (χ1) is 22.2. The highest BCUT2D eigenvalue weighted by Gasteiger charge is 2.41. The molecule has 0 aromatic heterocycles. The van der Waals surface area contributed by atoms with Crippen LogP contribution in [0.1, 0.15) is 36.0 Å². The molecule has 0 saturated carbocycles. The predicted molar refractivity (Wildman–Crippen MR) is 176 cm³/mol. The van der Waals surface area contributed by atoms with Crippen LogP contribution < -0.4 is 5.32 Å². The summed E-state index contributed by atoms with van der Waals surface area (Å²) in [5.74, 6) is -3.45. The molecule has 9 heteroatoms. The van der Waals surface area contributed by atoms with Crippen molar-refractivity contribution in [1.82, 2.24) is 5.32 Å². The van der Waals surface area contributed by atoms with Crippen LogP contribution >= 0.6 is 0 Å². The maximum Gasteiger partial charge on any atom is 0.320 e. The summed E-state index contributed by atoms with van der Waals surface area (Å²) in [6.07, 6.45) is -0.128. The van der Waals surface area contributed by atoms with Crippen LogP contribution in [0.25, 0.3) is 10.8 Å². The topological polar surface area (TPSA) is 130 Å². The van der Waals surface area contributed by atoms with E-state index in [1.54, 1.807) is 12.1 Å². The lowest BCUT2D eigenvalue weighted by molar-refractivity contribution is -0.144. The molecule has 0 fully saturated rings. The van der Waals surface area contributed by atoms with Gasteiger partial charge in [0.15, 0.2) is 0 Å². The van der Waals surface area contributed by atoms with E-state index >= 15 is 0 Å². The summed E-state index contributed by atoms with van der Waals surface area (Å²) >= 11 is 0. The minimum atomic E-state index is -4.08. The second-order valence-corrected chi connectivity index (χ2v) is 12.7. The van der Waals surface area contributed by atoms with Crippen molar-refractivity contribution in [2.75, 3.05) is 6.61 Å². The highest BCUT2D eigenvalue weighted by Crippen LogP contribution is 2.38. The Labute approximate surface area is 268 Å². The van der Waals surface area contributed by atoms with E-state index in [4.69, 9.17) is 4.18 Å². The van der Waals surface area contributed by atoms with Crippen LogP contribution in [0.15, 0.2) is 138 Å². The third-order valence-corrected chi connectivity index (χ3v) is 9.43. The van der Waals surface area contributed by atoms with Gasteiger partial charge >= 0.3 is 11.9 Å². The summed E-state index contributed by atoms with van der Waals surface area (Å²) in [5, 5.41) is 25.5. The number of carbonyl (C=O) groups is 2. The number of hydrogen-bond acceptors (Lipinski definition) is 6. The summed E-state index contributed by atoms with van der Waals surface area (Å²) in [4.78, 5) is 25.2. The molecule has 0 amide bonds. The Hall–Kier alpha value is -4.83. The molecule has 0 heterocycles. The van der Waals surface area contributed by atoms with Crippen molar-refractivity contribution in [3.05, 3.63) is 150 Å². The maximum atomic E-state index is 12.9. The van der Waals surface area contributed by atoms with Gasteiger partial charge in [0.25, 0.3) is 10.1 Å². The van der Waals surface area contributed by atoms with Gasteiger partial charge < -0.3 is 10.2 Å². The van der Waals surface area contributed by atoms with E-state index in [2.05, 4.69) is 5.32 Å². The maximum absolute atomic E-state index is 12.9. The molecule has 8 nitrogen and oxygen atoms in total. The van der Waals surface area contributed by atoms with Crippen molar-refractivity contribution in [2.24, 2.45) is 5.92 Å². The number of hydrogen-bond donors (Lipinski definition) is 3. The van der Waals surface area contributed by atoms with E-state index in [0.29, 0.717) is 0 Å². The molecule has 3 N–H and O–H groups in total. The summed E-state index contributed by atoms with van der Waals surface area (Å²) in [7, 11) is -4.08. The van der Waals surface area contributed by atoms with Crippen LogP contribution in [0.3, 0.4) is 0 Å². The lowest BCUT2D eigenvalue weighted by atomic mass is 9.76. The molecule has 5 rings (SSSR count). The molecule has 0 aliphatic carbocycles. The molecule has 0 bridgehead atoms. The molecular weight excluding hydrogens is 602 g/mol. The van der Waals surface area contributed by atoms with Crippen LogP contribution in [0.5, 0.6) is 0 Å². The zero-order chi connectivity index (χ0) is 32.6. The Kier molecular flexibility index (Phi) is 10.3. The van der Waals surface area contributed by atoms with Gasteiger partial charge in [-0.1, -0.05) is 121 Å². The Bertz CT molecular complexity index is 1780. The molecule has 5 aromatic rings. The van der Waals surface area contributed by atoms with Gasteiger partial charge in [-0.3, -0.25) is 19.1 Å². The first-order valence-corrected chi connectivity index (χ1v) is 16.4. The van der Waals surface area contributed by atoms with Crippen molar-refractivity contribution >= 4 is 32.8 Å². The number of aliphatic carboxylic acids is 2. The lowest BCUT2D eigenvalue weighted by Crippen LogP contribution is -2.53. The van der Waals surface area contributed by atoms with Crippen molar-refractivity contribution in [3.8, 4) is 0 Å². The molecular formula is C37H35NO7S. The fourth-order valence-electron chi connectivity index (χ4n) is 5.81. The first-order valence-electron chi connectivity index (χ1n) is 15.0. The van der Waals surface area contributed by atoms with Gasteiger partial charge in [0.2, 0.25) is 0 Å². The van der Waals surface area contributed by atoms with Gasteiger partial charge in [0.05, 0.1) is 23.0 Å². The molecule has 0 aliphatic rings. The Balaban J connectivity index is 1.36. The third kappa shape index (κ3) is 7.34. The van der Waals surface area contributed by atoms with E-state index in [1.807, 2.05) is 109 Å². The summed E-state index contributed by atoms with van der Waals surface area (Å²) in [6, 6.07) is 39.1. The first kappa shape index (κ1) is 32.6. The fourth-order valence-corrected chi connectivity index (χ4v) is 6.79. The van der Waals surface area contributed by atoms with E-state index in [9.17, 15) is 28.2 Å². The number of rotatable bonds is 15. The highest BCUT2D eigenvalue weighted by atomic mass is 32.2. The summed E-state index contributed by atoms with van der Waals surface area (Å²) in [6.45, 7) is -0.244. The number of carboxylic acid groups (broad SMARTS) is 2. The van der Waals surface area contributed by atoms with Gasteiger partial charge in [-0.05, 0) is 58.9 Å². The zero-order valence-corrected chi connectivity index (χ0v) is 25.8. The average Bonchev–Trinajstić information content (AvgIpc) is 3.08. The monoisotopic (exact) mass is 637 g/mol. The lowest BCUT2D eigenvalue weighted by Gasteiger charge is -2.39. The number of benzene rings is 5. The Morgan fingerprint density at radius 1 is 0.674 bits per heavy atom. The molecule has 2 atom stereocenters. The second kappa shape index (κ2) is 14.5. The largest absolute Gasteiger partial charge is 0.481 e.